The quantitative estimate of drug-likeness (QED) is 0.102. The number of alkyl halides is 6. The van der Waals surface area contributed by atoms with E-state index in [2.05, 4.69) is 104 Å². The maximum atomic E-state index is 10.5. The average Bonchev–Trinajstić information content (AvgIpc) is 4.15. The summed E-state index contributed by atoms with van der Waals surface area (Å²) in [5, 5.41) is 17.6. The summed E-state index contributed by atoms with van der Waals surface area (Å²) in [7, 11) is 3.88. The van der Waals surface area contributed by atoms with E-state index < -0.39 is 24.3 Å². The Morgan fingerprint density at radius 2 is 0.826 bits per heavy atom. The second-order valence-electron chi connectivity index (χ2n) is 14.4. The molecule has 0 spiro atoms. The first-order valence-corrected chi connectivity index (χ1v) is 20.1. The number of hydrogen-bond acceptors (Lipinski definition) is 10. The van der Waals surface area contributed by atoms with Crippen molar-refractivity contribution in [3.05, 3.63) is 205 Å². The number of nitrogens with zero attached hydrogens (tertiary/aromatic N) is 8. The molecule has 0 fully saturated rings. The van der Waals surface area contributed by atoms with Crippen molar-refractivity contribution in [1.29, 1.82) is 0 Å². The minimum atomic E-state index is -5.19. The zero-order valence-corrected chi connectivity index (χ0v) is 41.0. The second kappa shape index (κ2) is 30.0. The Bertz CT molecular complexity index is 2420. The van der Waals surface area contributed by atoms with Gasteiger partial charge in [-0.05, 0) is 71.5 Å². The molecule has 0 saturated carbocycles. The molecule has 0 bridgehead atoms. The van der Waals surface area contributed by atoms with Gasteiger partial charge in [-0.1, -0.05) is 72.8 Å². The van der Waals surface area contributed by atoms with Crippen molar-refractivity contribution in [2.45, 2.75) is 52.5 Å². The average molecular weight is 1010 g/mol. The van der Waals surface area contributed by atoms with E-state index in [1.807, 2.05) is 97.1 Å². The van der Waals surface area contributed by atoms with E-state index in [0.717, 1.165) is 24.6 Å². The molecule has 69 heavy (non-hydrogen) atoms. The van der Waals surface area contributed by atoms with Crippen molar-refractivity contribution in [2.75, 3.05) is 0 Å². The largest absolute Gasteiger partial charge is 2.00 e. The molecule has 14 nitrogen and oxygen atoms in total. The topological polar surface area (TPSA) is 170 Å². The van der Waals surface area contributed by atoms with Gasteiger partial charge in [0, 0.05) is 76.8 Å². The van der Waals surface area contributed by atoms with E-state index in [1.165, 1.54) is 33.4 Å². The Balaban J connectivity index is 0.000000313. The normalized spacial score (nSPS) is 10.2. The molecule has 0 N–H and O–H groups in total. The first kappa shape index (κ1) is 57.6. The molecule has 8 aromatic rings. The van der Waals surface area contributed by atoms with Gasteiger partial charge in [-0.15, -0.1) is 0 Å². The zero-order valence-electron chi connectivity index (χ0n) is 38.0. The van der Waals surface area contributed by atoms with E-state index in [4.69, 9.17) is 29.3 Å². The number of ether oxygens (including phenoxy) is 2. The van der Waals surface area contributed by atoms with Crippen molar-refractivity contribution >= 4 is 11.9 Å². The number of halogens is 6. The Morgan fingerprint density at radius 3 is 1.07 bits per heavy atom. The minimum absolute atomic E-state index is 0. The molecule has 0 aliphatic rings. The fourth-order valence-corrected chi connectivity index (χ4v) is 5.31. The zero-order chi connectivity index (χ0) is 50.0. The number of carboxylic acids is 2. The van der Waals surface area contributed by atoms with Crippen LogP contribution < -0.4 is 19.7 Å². The number of aliphatic carboxylic acids is 2. The number of rotatable bonds is 10. The van der Waals surface area contributed by atoms with Crippen LogP contribution in [0.5, 0.6) is 11.5 Å². The van der Waals surface area contributed by atoms with E-state index in [9.17, 15) is 26.3 Å². The van der Waals surface area contributed by atoms with Gasteiger partial charge in [0.05, 0.1) is 25.3 Å². The number of hydrogen-bond donors (Lipinski definition) is 0. The standard InChI is InChI=1S/2C18H18N2O.2C4H6N2.2C2HF3O2.Zn/c2*1-15-9-17(12-20-8-7-19-14-20)11-18(10-15)21-13-16-5-3-2-4-6-16;2*1-6-3-2-5-4-6;2*3-2(4,5)1(6)7;/h2*2-11,14H,12-13H2,1H3;2*2-4H,1H3;2*(H,6,7);/q;;;;;;+2/p-2. The molecule has 4 heterocycles. The summed E-state index contributed by atoms with van der Waals surface area (Å²) in [6.07, 6.45) is 11.6. The number of carbonyl (C=O) groups excluding carboxylic acids is 2. The molecule has 0 saturated heterocycles. The first-order chi connectivity index (χ1) is 32.3. The Labute approximate surface area is 407 Å². The smallest absolute Gasteiger partial charge is 0.542 e. The van der Waals surface area contributed by atoms with Crippen molar-refractivity contribution in [3.63, 3.8) is 0 Å². The molecule has 4 aromatic heterocycles. The second-order valence-corrected chi connectivity index (χ2v) is 14.4. The molecule has 0 unspecified atom stereocenters. The summed E-state index contributed by atoms with van der Waals surface area (Å²) in [5.74, 6) is -4.19. The van der Waals surface area contributed by atoms with Crippen LogP contribution in [0.4, 0.5) is 26.3 Å². The van der Waals surface area contributed by atoms with Gasteiger partial charge in [-0.25, -0.2) is 19.9 Å². The molecule has 0 atom stereocenters. The Kier molecular flexibility index (Phi) is 25.0. The van der Waals surface area contributed by atoms with Crippen LogP contribution in [-0.4, -0.2) is 62.5 Å². The number of carbonyl (C=O) groups is 2. The van der Waals surface area contributed by atoms with E-state index in [1.54, 1.807) is 37.4 Å². The fraction of sp³-hybridized carbons (Fsp3) is 0.208. The fourth-order valence-electron chi connectivity index (χ4n) is 5.31. The molecule has 8 rings (SSSR count). The molecule has 0 aliphatic carbocycles. The van der Waals surface area contributed by atoms with Crippen LogP contribution in [-0.2, 0) is 69.5 Å². The Morgan fingerprint density at radius 1 is 0.507 bits per heavy atom. The van der Waals surface area contributed by atoms with Crippen molar-refractivity contribution in [1.82, 2.24) is 38.2 Å². The third-order valence-electron chi connectivity index (χ3n) is 8.30. The van der Waals surface area contributed by atoms with Gasteiger partial charge in [0.25, 0.3) is 0 Å². The predicted molar refractivity (Wildman–Crippen MR) is 235 cm³/mol. The number of benzene rings is 4. The van der Waals surface area contributed by atoms with Crippen LogP contribution in [0.1, 0.15) is 33.4 Å². The Hall–Kier alpha value is -7.54. The molecular weight excluding hydrogens is 964 g/mol. The van der Waals surface area contributed by atoms with E-state index in [0.29, 0.717) is 13.2 Å². The maximum absolute atomic E-state index is 10.5. The van der Waals surface area contributed by atoms with Crippen LogP contribution >= 0.6 is 0 Å². The number of imidazole rings is 4. The molecule has 0 amide bonds. The van der Waals surface area contributed by atoms with Crippen LogP contribution in [0.3, 0.4) is 0 Å². The van der Waals surface area contributed by atoms with E-state index >= 15 is 0 Å². The van der Waals surface area contributed by atoms with Gasteiger partial charge in [0.2, 0.25) is 0 Å². The molecular formula is C48H48F6N8O6Zn. The van der Waals surface area contributed by atoms with Crippen molar-refractivity contribution in [3.8, 4) is 11.5 Å². The summed E-state index contributed by atoms with van der Waals surface area (Å²) in [5.41, 5.74) is 7.20. The van der Waals surface area contributed by atoms with Crippen molar-refractivity contribution in [2.24, 2.45) is 14.1 Å². The number of carboxylic acid groups (broad SMARTS) is 2. The van der Waals surface area contributed by atoms with Crippen LogP contribution in [0.25, 0.3) is 0 Å². The van der Waals surface area contributed by atoms with E-state index in [-0.39, 0.29) is 19.5 Å². The van der Waals surface area contributed by atoms with Gasteiger partial charge in [-0.2, -0.15) is 26.3 Å². The third-order valence-corrected chi connectivity index (χ3v) is 8.30. The number of aromatic nitrogens is 8. The van der Waals surface area contributed by atoms with Crippen LogP contribution in [0.2, 0.25) is 0 Å². The van der Waals surface area contributed by atoms with Gasteiger partial charge in [-0.3, -0.25) is 0 Å². The molecule has 360 valence electrons. The summed E-state index contributed by atoms with van der Waals surface area (Å²) < 4.78 is 82.8. The minimum Gasteiger partial charge on any atom is -0.542 e. The SMILES string of the molecule is Cc1cc(Cn2ccnc2)cc(OCc2ccccc2)c1.Cc1cc(Cn2ccnc2)cc(OCc2ccccc2)c1.Cn1ccnc1.Cn1ccnc1.O=C([O-])C(F)(F)F.O=C([O-])C(F)(F)F.[Zn+2]. The molecule has 0 aliphatic heterocycles. The first-order valence-electron chi connectivity index (χ1n) is 20.1. The monoisotopic (exact) mass is 1010 g/mol. The van der Waals surface area contributed by atoms with Gasteiger partial charge in [0.1, 0.15) is 36.7 Å². The predicted octanol–water partition coefficient (Wildman–Crippen LogP) is 7.07. The van der Waals surface area contributed by atoms with Gasteiger partial charge >= 0.3 is 31.8 Å². The van der Waals surface area contributed by atoms with Crippen molar-refractivity contribution < 1.29 is 75.1 Å². The maximum Gasteiger partial charge on any atom is 2.00 e. The summed E-state index contributed by atoms with van der Waals surface area (Å²) in [6, 6.07) is 33.1. The van der Waals surface area contributed by atoms with Crippen LogP contribution in [0.15, 0.2) is 172 Å². The summed E-state index contributed by atoms with van der Waals surface area (Å²) >= 11 is 0. The molecule has 21 heteroatoms. The molecule has 0 radical (unpaired) electrons. The van der Waals surface area contributed by atoms with Gasteiger partial charge in [0.15, 0.2) is 0 Å². The van der Waals surface area contributed by atoms with Gasteiger partial charge < -0.3 is 47.5 Å². The summed E-state index contributed by atoms with van der Waals surface area (Å²) in [6.45, 7) is 6.98. The molecule has 4 aromatic carbocycles. The summed E-state index contributed by atoms with van der Waals surface area (Å²) in [4.78, 5) is 33.3. The van der Waals surface area contributed by atoms with Crippen LogP contribution in [0, 0.1) is 13.8 Å². The number of aryl methyl sites for hydroxylation is 4. The third kappa shape index (κ3) is 25.3.